The molecule has 5 rings (SSSR count). The summed E-state index contributed by atoms with van der Waals surface area (Å²) in [4.78, 5) is 42.6. The molecule has 3 heterocycles. The van der Waals surface area contributed by atoms with Crippen LogP contribution in [-0.4, -0.2) is 69.7 Å². The number of nitrogens with zero attached hydrogens (tertiary/aromatic N) is 5. The number of likely N-dealkylation sites (N-methyl/N-ethyl adjacent to an activating group) is 1. The first-order chi connectivity index (χ1) is 19.3. The van der Waals surface area contributed by atoms with E-state index < -0.39 is 0 Å². The van der Waals surface area contributed by atoms with Gasteiger partial charge in [-0.2, -0.15) is 0 Å². The Labute approximate surface area is 234 Å². The number of hydrogen-bond acceptors (Lipinski definition) is 8. The van der Waals surface area contributed by atoms with Gasteiger partial charge in [0.05, 0.1) is 5.69 Å². The molecular formula is C31H33N7O2. The number of Topliss-reactive ketones (excluding diaryl/α,β-unsaturated/α-hetero) is 1. The summed E-state index contributed by atoms with van der Waals surface area (Å²) in [5.74, 6) is 0.170. The lowest BCUT2D eigenvalue weighted by atomic mass is 10.1. The number of pyridine rings is 1. The minimum absolute atomic E-state index is 0.0576. The number of aryl methyl sites for hydroxylation is 1. The zero-order chi connectivity index (χ0) is 28.1. The predicted octanol–water partition coefficient (Wildman–Crippen LogP) is 4.79. The van der Waals surface area contributed by atoms with E-state index in [-0.39, 0.29) is 11.7 Å². The fourth-order valence-corrected chi connectivity index (χ4v) is 4.54. The summed E-state index contributed by atoms with van der Waals surface area (Å²) >= 11 is 0. The molecule has 1 aliphatic rings. The second-order valence-corrected chi connectivity index (χ2v) is 10.2. The number of anilines is 3. The first kappa shape index (κ1) is 27.1. The molecule has 1 fully saturated rings. The van der Waals surface area contributed by atoms with Crippen molar-refractivity contribution in [3.05, 3.63) is 95.4 Å². The number of benzene rings is 2. The monoisotopic (exact) mass is 535 g/mol. The molecule has 2 aromatic carbocycles. The SMILES string of the molecule is CC(=O)c1cncc(-c2ccnc(Nc3cc(NC(=O)c4ccc(CN5CCN(C)CC5)cc4)ccc3C)n2)c1. The van der Waals surface area contributed by atoms with Crippen LogP contribution in [0.2, 0.25) is 0 Å². The van der Waals surface area contributed by atoms with Crippen LogP contribution < -0.4 is 10.6 Å². The van der Waals surface area contributed by atoms with Crippen LogP contribution in [0.5, 0.6) is 0 Å². The molecular weight excluding hydrogens is 502 g/mol. The average molecular weight is 536 g/mol. The zero-order valence-electron chi connectivity index (χ0n) is 23.0. The number of amides is 1. The third-order valence-electron chi connectivity index (χ3n) is 7.06. The molecule has 0 aliphatic carbocycles. The van der Waals surface area contributed by atoms with Crippen LogP contribution in [0.4, 0.5) is 17.3 Å². The van der Waals surface area contributed by atoms with Gasteiger partial charge in [-0.25, -0.2) is 9.97 Å². The summed E-state index contributed by atoms with van der Waals surface area (Å²) in [7, 11) is 2.15. The highest BCUT2D eigenvalue weighted by Gasteiger charge is 2.15. The first-order valence-corrected chi connectivity index (χ1v) is 13.3. The van der Waals surface area contributed by atoms with E-state index in [4.69, 9.17) is 0 Å². The lowest BCUT2D eigenvalue weighted by Gasteiger charge is -2.32. The largest absolute Gasteiger partial charge is 0.324 e. The van der Waals surface area contributed by atoms with Crippen LogP contribution in [-0.2, 0) is 6.54 Å². The number of aromatic nitrogens is 3. The van der Waals surface area contributed by atoms with Gasteiger partial charge in [-0.05, 0) is 68.4 Å². The first-order valence-electron chi connectivity index (χ1n) is 13.3. The van der Waals surface area contributed by atoms with Crippen molar-refractivity contribution >= 4 is 29.0 Å². The average Bonchev–Trinajstić information content (AvgIpc) is 2.96. The highest BCUT2D eigenvalue weighted by atomic mass is 16.1. The van der Waals surface area contributed by atoms with Gasteiger partial charge in [0, 0.05) is 79.4 Å². The Kier molecular flexibility index (Phi) is 8.23. The summed E-state index contributed by atoms with van der Waals surface area (Å²) in [6, 6.07) is 17.0. The molecule has 9 nitrogen and oxygen atoms in total. The Balaban J connectivity index is 1.25. The summed E-state index contributed by atoms with van der Waals surface area (Å²) in [5, 5.41) is 6.25. The Hall–Kier alpha value is -4.47. The van der Waals surface area contributed by atoms with E-state index in [1.165, 1.54) is 18.7 Å². The van der Waals surface area contributed by atoms with Crippen LogP contribution in [0.1, 0.15) is 38.8 Å². The van der Waals surface area contributed by atoms with Gasteiger partial charge in [-0.15, -0.1) is 0 Å². The fourth-order valence-electron chi connectivity index (χ4n) is 4.54. The third-order valence-corrected chi connectivity index (χ3v) is 7.06. The van der Waals surface area contributed by atoms with Gasteiger partial charge in [0.2, 0.25) is 5.95 Å². The van der Waals surface area contributed by atoms with Crippen LogP contribution >= 0.6 is 0 Å². The standard InChI is InChI=1S/C31H33N7O2/c1-21-4-9-27(34-30(40)24-7-5-23(6-8-24)20-38-14-12-37(3)13-15-38)17-29(21)36-31-33-11-10-28(35-31)26-16-25(22(2)39)18-32-19-26/h4-11,16-19H,12-15,20H2,1-3H3,(H,34,40)(H,33,35,36). The van der Waals surface area contributed by atoms with Gasteiger partial charge < -0.3 is 15.5 Å². The van der Waals surface area contributed by atoms with Gasteiger partial charge in [0.25, 0.3) is 5.91 Å². The van der Waals surface area contributed by atoms with Crippen LogP contribution in [0.25, 0.3) is 11.3 Å². The third kappa shape index (κ3) is 6.74. The fraction of sp³-hybridized carbons (Fsp3) is 0.258. The summed E-state index contributed by atoms with van der Waals surface area (Å²) in [6.07, 6.45) is 4.86. The summed E-state index contributed by atoms with van der Waals surface area (Å²) in [5.41, 5.74) is 6.11. The molecule has 1 aliphatic heterocycles. The number of nitrogens with one attached hydrogen (secondary N) is 2. The van der Waals surface area contributed by atoms with Crippen LogP contribution in [0, 0.1) is 6.92 Å². The maximum absolute atomic E-state index is 13.0. The molecule has 40 heavy (non-hydrogen) atoms. The van der Waals surface area contributed by atoms with E-state index in [1.807, 2.05) is 49.4 Å². The molecule has 0 saturated carbocycles. The molecule has 2 N–H and O–H groups in total. The maximum Gasteiger partial charge on any atom is 0.255 e. The predicted molar refractivity (Wildman–Crippen MR) is 157 cm³/mol. The number of hydrogen-bond donors (Lipinski definition) is 2. The quantitative estimate of drug-likeness (QED) is 0.311. The molecule has 0 bridgehead atoms. The molecule has 0 unspecified atom stereocenters. The van der Waals surface area contributed by atoms with Crippen molar-refractivity contribution in [2.75, 3.05) is 43.9 Å². The second kappa shape index (κ2) is 12.1. The topological polar surface area (TPSA) is 103 Å². The molecule has 0 spiro atoms. The van der Waals surface area contributed by atoms with Crippen molar-refractivity contribution in [3.63, 3.8) is 0 Å². The molecule has 4 aromatic rings. The molecule has 9 heteroatoms. The van der Waals surface area contributed by atoms with E-state index in [0.717, 1.165) is 49.5 Å². The molecule has 1 amide bonds. The van der Waals surface area contributed by atoms with E-state index in [1.54, 1.807) is 24.5 Å². The van der Waals surface area contributed by atoms with E-state index in [0.29, 0.717) is 28.5 Å². The number of carbonyl (C=O) groups excluding carboxylic acids is 2. The lowest BCUT2D eigenvalue weighted by Crippen LogP contribution is -2.43. The molecule has 1 saturated heterocycles. The normalized spacial score (nSPS) is 14.1. The van der Waals surface area contributed by atoms with Crippen molar-refractivity contribution in [2.45, 2.75) is 20.4 Å². The Morgan fingerprint density at radius 1 is 0.925 bits per heavy atom. The van der Waals surface area contributed by atoms with Gasteiger partial charge >= 0.3 is 0 Å². The minimum atomic E-state index is -0.169. The van der Waals surface area contributed by atoms with Crippen molar-refractivity contribution in [1.29, 1.82) is 0 Å². The van der Waals surface area contributed by atoms with Crippen LogP contribution in [0.15, 0.2) is 73.2 Å². The van der Waals surface area contributed by atoms with E-state index >= 15 is 0 Å². The zero-order valence-corrected chi connectivity index (χ0v) is 23.0. The van der Waals surface area contributed by atoms with Crippen LogP contribution in [0.3, 0.4) is 0 Å². The number of carbonyl (C=O) groups is 2. The van der Waals surface area contributed by atoms with Crippen molar-refractivity contribution in [1.82, 2.24) is 24.8 Å². The van der Waals surface area contributed by atoms with E-state index in [9.17, 15) is 9.59 Å². The summed E-state index contributed by atoms with van der Waals surface area (Å²) in [6.45, 7) is 8.65. The molecule has 2 aromatic heterocycles. The number of piperazine rings is 1. The molecule has 0 atom stereocenters. The minimum Gasteiger partial charge on any atom is -0.324 e. The number of rotatable bonds is 8. The molecule has 0 radical (unpaired) electrons. The van der Waals surface area contributed by atoms with Crippen molar-refractivity contribution in [2.24, 2.45) is 0 Å². The lowest BCUT2D eigenvalue weighted by molar-refractivity contribution is 0.101. The number of ketones is 1. The second-order valence-electron chi connectivity index (χ2n) is 10.2. The Bertz CT molecular complexity index is 1510. The Morgan fingerprint density at radius 3 is 2.45 bits per heavy atom. The van der Waals surface area contributed by atoms with Crippen molar-refractivity contribution in [3.8, 4) is 11.3 Å². The molecule has 204 valence electrons. The maximum atomic E-state index is 13.0. The Morgan fingerprint density at radius 2 is 1.70 bits per heavy atom. The smallest absolute Gasteiger partial charge is 0.255 e. The highest BCUT2D eigenvalue weighted by molar-refractivity contribution is 6.04. The van der Waals surface area contributed by atoms with Crippen molar-refractivity contribution < 1.29 is 9.59 Å². The van der Waals surface area contributed by atoms with Gasteiger partial charge in [-0.3, -0.25) is 19.5 Å². The van der Waals surface area contributed by atoms with Gasteiger partial charge in [0.1, 0.15) is 0 Å². The van der Waals surface area contributed by atoms with Gasteiger partial charge in [-0.1, -0.05) is 18.2 Å². The van der Waals surface area contributed by atoms with Gasteiger partial charge in [0.15, 0.2) is 5.78 Å². The highest BCUT2D eigenvalue weighted by Crippen LogP contribution is 2.25. The van der Waals surface area contributed by atoms with E-state index in [2.05, 4.69) is 42.4 Å². The summed E-state index contributed by atoms with van der Waals surface area (Å²) < 4.78 is 0.